The van der Waals surface area contributed by atoms with E-state index in [9.17, 15) is 0 Å². The first-order valence-corrected chi connectivity index (χ1v) is 15.2. The lowest BCUT2D eigenvalue weighted by Gasteiger charge is -2.19. The molecule has 0 saturated heterocycles. The Morgan fingerprint density at radius 3 is 1.16 bits per heavy atom. The van der Waals surface area contributed by atoms with Gasteiger partial charge in [0.15, 0.2) is 0 Å². The molecular weight excluding hydrogens is 528 g/mol. The molecule has 0 aliphatic heterocycles. The Kier molecular flexibility index (Phi) is 6.59. The molecule has 0 aromatic heterocycles. The van der Waals surface area contributed by atoms with Gasteiger partial charge < -0.3 is 0 Å². The van der Waals surface area contributed by atoms with Crippen LogP contribution in [0.5, 0.6) is 0 Å². The summed E-state index contributed by atoms with van der Waals surface area (Å²) in [5, 5.41) is 5.07. The predicted molar refractivity (Wildman–Crippen MR) is 189 cm³/mol. The van der Waals surface area contributed by atoms with Crippen molar-refractivity contribution in [1.29, 1.82) is 0 Å². The number of hydrogen-bond acceptors (Lipinski definition) is 0. The molecule has 0 heterocycles. The van der Waals surface area contributed by atoms with Crippen molar-refractivity contribution in [1.82, 2.24) is 0 Å². The Labute approximate surface area is 258 Å². The van der Waals surface area contributed by atoms with Crippen molar-refractivity contribution in [3.63, 3.8) is 0 Å². The molecule has 8 rings (SSSR count). The molecule has 206 valence electrons. The Bertz CT molecular complexity index is 2230. The fourth-order valence-corrected chi connectivity index (χ4v) is 6.64. The average molecular weight is 559 g/mol. The first-order valence-electron chi connectivity index (χ1n) is 15.2. The van der Waals surface area contributed by atoms with Crippen LogP contribution in [-0.4, -0.2) is 0 Å². The number of hydrogen-bond donors (Lipinski definition) is 0. The topological polar surface area (TPSA) is 0 Å². The fraction of sp³-hybridized carbons (Fsp3) is 0. The lowest BCUT2D eigenvalue weighted by Crippen LogP contribution is -1.92. The van der Waals surface area contributed by atoms with Crippen LogP contribution in [0.2, 0.25) is 0 Å². The molecular formula is C44H30. The third-order valence-corrected chi connectivity index (χ3v) is 8.69. The summed E-state index contributed by atoms with van der Waals surface area (Å²) in [6.45, 7) is 0. The first-order chi connectivity index (χ1) is 21.8. The van der Waals surface area contributed by atoms with Gasteiger partial charge in [0.05, 0.1) is 0 Å². The molecule has 0 unspecified atom stereocenters. The molecule has 8 aromatic carbocycles. The monoisotopic (exact) mass is 558 g/mol. The minimum Gasteiger partial charge on any atom is -0.0622 e. The van der Waals surface area contributed by atoms with E-state index < -0.39 is 0 Å². The number of benzene rings is 8. The molecule has 0 atom stereocenters. The van der Waals surface area contributed by atoms with E-state index in [1.165, 1.54) is 77.2 Å². The zero-order chi connectivity index (χ0) is 29.3. The lowest BCUT2D eigenvalue weighted by atomic mass is 9.84. The van der Waals surface area contributed by atoms with Crippen molar-refractivity contribution in [2.75, 3.05) is 0 Å². The molecule has 0 aliphatic rings. The summed E-state index contributed by atoms with van der Waals surface area (Å²) in [4.78, 5) is 0. The van der Waals surface area contributed by atoms with Gasteiger partial charge in [0.2, 0.25) is 0 Å². The van der Waals surface area contributed by atoms with Gasteiger partial charge in [-0.2, -0.15) is 0 Å². The SMILES string of the molecule is c1ccc(-c2ccc3c(-c4ccccc4)c4ccccc4c(-c4ccc(-c5ccccc5-c5ccccc5)cc4)c3c2)cc1. The zero-order valence-corrected chi connectivity index (χ0v) is 24.3. The highest BCUT2D eigenvalue weighted by Crippen LogP contribution is 2.45. The summed E-state index contributed by atoms with van der Waals surface area (Å²) in [7, 11) is 0. The second-order valence-corrected chi connectivity index (χ2v) is 11.3. The Morgan fingerprint density at radius 2 is 0.568 bits per heavy atom. The number of fused-ring (bicyclic) bond motifs is 2. The van der Waals surface area contributed by atoms with E-state index in [1.807, 2.05) is 0 Å². The van der Waals surface area contributed by atoms with Gasteiger partial charge in [-0.15, -0.1) is 0 Å². The van der Waals surface area contributed by atoms with Crippen molar-refractivity contribution in [3.05, 3.63) is 182 Å². The minimum absolute atomic E-state index is 1.22. The maximum atomic E-state index is 2.39. The maximum Gasteiger partial charge on any atom is -0.00261 e. The first kappa shape index (κ1) is 25.9. The third-order valence-electron chi connectivity index (χ3n) is 8.69. The largest absolute Gasteiger partial charge is 0.0622 e. The summed E-state index contributed by atoms with van der Waals surface area (Å²) in [5.74, 6) is 0. The van der Waals surface area contributed by atoms with Crippen molar-refractivity contribution < 1.29 is 0 Å². The summed E-state index contributed by atoms with van der Waals surface area (Å²) in [6, 6.07) is 65.9. The molecule has 44 heavy (non-hydrogen) atoms. The fourth-order valence-electron chi connectivity index (χ4n) is 6.64. The van der Waals surface area contributed by atoms with E-state index in [4.69, 9.17) is 0 Å². The van der Waals surface area contributed by atoms with E-state index in [1.54, 1.807) is 0 Å². The molecule has 0 saturated carbocycles. The molecule has 8 aromatic rings. The quantitative estimate of drug-likeness (QED) is 0.184. The standard InChI is InChI=1S/C44H30/c1-4-14-31(15-5-1)36-28-29-41-42(30-36)44(40-23-13-12-22-39(40)43(41)34-18-8-3-9-19-34)35-26-24-33(25-27-35)38-21-11-10-20-37(38)32-16-6-2-7-17-32/h1-30H. The van der Waals surface area contributed by atoms with Crippen LogP contribution >= 0.6 is 0 Å². The van der Waals surface area contributed by atoms with E-state index in [-0.39, 0.29) is 0 Å². The molecule has 0 aliphatic carbocycles. The Hall–Kier alpha value is -5.72. The second kappa shape index (κ2) is 11.2. The van der Waals surface area contributed by atoms with Gasteiger partial charge in [0, 0.05) is 0 Å². The van der Waals surface area contributed by atoms with Crippen molar-refractivity contribution in [3.8, 4) is 55.6 Å². The summed E-state index contributed by atoms with van der Waals surface area (Å²) in [6.07, 6.45) is 0. The van der Waals surface area contributed by atoms with E-state index in [0.717, 1.165) is 0 Å². The van der Waals surface area contributed by atoms with E-state index >= 15 is 0 Å². The highest BCUT2D eigenvalue weighted by Gasteiger charge is 2.18. The van der Waals surface area contributed by atoms with Crippen molar-refractivity contribution in [2.24, 2.45) is 0 Å². The van der Waals surface area contributed by atoms with Crippen LogP contribution in [0.3, 0.4) is 0 Å². The third kappa shape index (κ3) is 4.58. The summed E-state index contributed by atoms with van der Waals surface area (Å²) >= 11 is 0. The van der Waals surface area contributed by atoms with Crippen molar-refractivity contribution in [2.45, 2.75) is 0 Å². The molecule has 0 amide bonds. The van der Waals surface area contributed by atoms with Crippen molar-refractivity contribution >= 4 is 21.5 Å². The van der Waals surface area contributed by atoms with Crippen LogP contribution in [0, 0.1) is 0 Å². The molecule has 0 radical (unpaired) electrons. The van der Waals surface area contributed by atoms with Gasteiger partial charge in [0.25, 0.3) is 0 Å². The Balaban J connectivity index is 1.37. The van der Waals surface area contributed by atoms with E-state index in [2.05, 4.69) is 182 Å². The van der Waals surface area contributed by atoms with Gasteiger partial charge in [-0.3, -0.25) is 0 Å². The van der Waals surface area contributed by atoms with Gasteiger partial charge >= 0.3 is 0 Å². The molecule has 0 bridgehead atoms. The van der Waals surface area contributed by atoms with E-state index in [0.29, 0.717) is 0 Å². The molecule has 0 nitrogen and oxygen atoms in total. The Morgan fingerprint density at radius 1 is 0.205 bits per heavy atom. The lowest BCUT2D eigenvalue weighted by molar-refractivity contribution is 1.58. The molecule has 0 N–H and O–H groups in total. The predicted octanol–water partition coefficient (Wildman–Crippen LogP) is 12.3. The minimum atomic E-state index is 1.22. The average Bonchev–Trinajstić information content (AvgIpc) is 3.11. The highest BCUT2D eigenvalue weighted by atomic mass is 14.2. The smallest absolute Gasteiger partial charge is 0.00261 e. The summed E-state index contributed by atoms with van der Waals surface area (Å²) in [5.41, 5.74) is 12.4. The second-order valence-electron chi connectivity index (χ2n) is 11.3. The van der Waals surface area contributed by atoms with Crippen LogP contribution in [0.1, 0.15) is 0 Å². The van der Waals surface area contributed by atoms with Crippen LogP contribution < -0.4 is 0 Å². The van der Waals surface area contributed by atoms with Gasteiger partial charge in [-0.25, -0.2) is 0 Å². The zero-order valence-electron chi connectivity index (χ0n) is 24.3. The highest BCUT2D eigenvalue weighted by molar-refractivity contribution is 6.22. The molecule has 0 heteroatoms. The van der Waals surface area contributed by atoms with Crippen LogP contribution in [-0.2, 0) is 0 Å². The van der Waals surface area contributed by atoms with Crippen LogP contribution in [0.15, 0.2) is 182 Å². The van der Waals surface area contributed by atoms with Gasteiger partial charge in [-0.05, 0) is 83.2 Å². The summed E-state index contributed by atoms with van der Waals surface area (Å²) < 4.78 is 0. The van der Waals surface area contributed by atoms with Crippen LogP contribution in [0.4, 0.5) is 0 Å². The normalized spacial score (nSPS) is 11.2. The maximum absolute atomic E-state index is 2.39. The van der Waals surface area contributed by atoms with Crippen LogP contribution in [0.25, 0.3) is 77.2 Å². The number of rotatable bonds is 5. The molecule has 0 spiro atoms. The van der Waals surface area contributed by atoms with Gasteiger partial charge in [0.1, 0.15) is 0 Å². The molecule has 0 fully saturated rings. The van der Waals surface area contributed by atoms with Gasteiger partial charge in [-0.1, -0.05) is 176 Å².